The van der Waals surface area contributed by atoms with Gasteiger partial charge >= 0.3 is 5.97 Å². The summed E-state index contributed by atoms with van der Waals surface area (Å²) >= 11 is 0. The molecule has 0 radical (unpaired) electrons. The van der Waals surface area contributed by atoms with E-state index in [1.165, 1.54) is 12.1 Å². The van der Waals surface area contributed by atoms with Crippen molar-refractivity contribution in [2.45, 2.75) is 25.7 Å². The second-order valence-corrected chi connectivity index (χ2v) is 7.95. The van der Waals surface area contributed by atoms with Crippen molar-refractivity contribution in [3.8, 4) is 17.2 Å². The van der Waals surface area contributed by atoms with Crippen molar-refractivity contribution >= 4 is 21.9 Å². The maximum Gasteiger partial charge on any atom is 0.337 e. The second-order valence-electron chi connectivity index (χ2n) is 6.30. The SMILES string of the molecule is CCOc1cc(C(=O)NNS(=O)(=O)c2cc(C(=O)OC)ccc2F)cc(OCC)c1OCC. The van der Waals surface area contributed by atoms with E-state index in [4.69, 9.17) is 14.2 Å². The number of halogens is 1. The summed E-state index contributed by atoms with van der Waals surface area (Å²) < 4.78 is 60.3. The lowest BCUT2D eigenvalue weighted by Gasteiger charge is -2.17. The predicted molar refractivity (Wildman–Crippen MR) is 115 cm³/mol. The number of methoxy groups -OCH3 is 1. The first-order valence-corrected chi connectivity index (χ1v) is 11.4. The number of amides is 1. The number of nitrogens with one attached hydrogen (secondary N) is 2. The normalized spacial score (nSPS) is 10.9. The Kier molecular flexibility index (Phi) is 9.00. The quantitative estimate of drug-likeness (QED) is 0.368. The van der Waals surface area contributed by atoms with Crippen LogP contribution in [-0.2, 0) is 14.8 Å². The maximum atomic E-state index is 14.1. The lowest BCUT2D eigenvalue weighted by Crippen LogP contribution is -2.41. The number of hydrogen-bond donors (Lipinski definition) is 2. The largest absolute Gasteiger partial charge is 0.490 e. The van der Waals surface area contributed by atoms with Crippen LogP contribution in [0.4, 0.5) is 4.39 Å². The number of rotatable bonds is 11. The van der Waals surface area contributed by atoms with E-state index in [1.54, 1.807) is 20.8 Å². The molecule has 2 rings (SSSR count). The summed E-state index contributed by atoms with van der Waals surface area (Å²) in [6.45, 7) is 6.14. The highest BCUT2D eigenvalue weighted by molar-refractivity contribution is 7.89. The number of benzene rings is 2. The summed E-state index contributed by atoms with van der Waals surface area (Å²) in [5, 5.41) is 0. The van der Waals surface area contributed by atoms with Crippen LogP contribution in [0.2, 0.25) is 0 Å². The maximum absolute atomic E-state index is 14.1. The molecule has 1 amide bonds. The molecule has 0 aliphatic carbocycles. The number of esters is 1. The van der Waals surface area contributed by atoms with Gasteiger partial charge in [-0.2, -0.15) is 0 Å². The predicted octanol–water partition coefficient (Wildman–Crippen LogP) is 2.43. The van der Waals surface area contributed by atoms with Crippen molar-refractivity contribution in [2.24, 2.45) is 0 Å². The van der Waals surface area contributed by atoms with Gasteiger partial charge in [0, 0.05) is 5.56 Å². The van der Waals surface area contributed by atoms with E-state index in [1.807, 2.05) is 10.3 Å². The smallest absolute Gasteiger partial charge is 0.337 e. The molecule has 0 aliphatic heterocycles. The number of sulfonamides is 1. The van der Waals surface area contributed by atoms with Crippen LogP contribution < -0.4 is 24.5 Å². The van der Waals surface area contributed by atoms with Crippen LogP contribution >= 0.6 is 0 Å². The van der Waals surface area contributed by atoms with E-state index in [0.717, 1.165) is 25.3 Å². The molecule has 2 aromatic rings. The number of carbonyl (C=O) groups is 2. The standard InChI is InChI=1S/C21H25FN2O8S/c1-5-30-16-10-14(11-17(31-6-2)19(16)32-7-3)20(25)23-24-33(27,28)18-12-13(21(26)29-4)8-9-15(18)22/h8-12,24H,5-7H2,1-4H3,(H,23,25). The van der Waals surface area contributed by atoms with Crippen LogP contribution in [0.1, 0.15) is 41.5 Å². The Morgan fingerprint density at radius 1 is 0.909 bits per heavy atom. The highest BCUT2D eigenvalue weighted by atomic mass is 32.2. The minimum absolute atomic E-state index is 0.00293. The lowest BCUT2D eigenvalue weighted by atomic mass is 10.1. The fourth-order valence-electron chi connectivity index (χ4n) is 2.71. The average Bonchev–Trinajstić information content (AvgIpc) is 2.79. The molecular weight excluding hydrogens is 459 g/mol. The molecule has 0 bridgehead atoms. The zero-order valence-electron chi connectivity index (χ0n) is 18.6. The molecule has 0 atom stereocenters. The van der Waals surface area contributed by atoms with Gasteiger partial charge in [0.1, 0.15) is 10.7 Å². The zero-order chi connectivity index (χ0) is 24.6. The van der Waals surface area contributed by atoms with Crippen LogP contribution in [0.3, 0.4) is 0 Å². The molecule has 0 fully saturated rings. The molecule has 0 aliphatic rings. The third-order valence-corrected chi connectivity index (χ3v) is 5.37. The Labute approximate surface area is 191 Å². The van der Waals surface area contributed by atoms with Crippen LogP contribution in [0.25, 0.3) is 0 Å². The van der Waals surface area contributed by atoms with Gasteiger partial charge in [0.2, 0.25) is 5.75 Å². The summed E-state index contributed by atoms with van der Waals surface area (Å²) in [6, 6.07) is 5.40. The minimum atomic E-state index is -4.57. The fraction of sp³-hybridized carbons (Fsp3) is 0.333. The van der Waals surface area contributed by atoms with Crippen molar-refractivity contribution in [3.05, 3.63) is 47.3 Å². The van der Waals surface area contributed by atoms with Crippen LogP contribution in [0.5, 0.6) is 17.2 Å². The third-order valence-electron chi connectivity index (χ3n) is 4.11. The molecule has 0 unspecified atom stereocenters. The molecule has 10 nitrogen and oxygen atoms in total. The molecular formula is C21H25FN2O8S. The van der Waals surface area contributed by atoms with E-state index in [-0.39, 0.29) is 35.8 Å². The van der Waals surface area contributed by atoms with Crippen molar-refractivity contribution in [2.75, 3.05) is 26.9 Å². The fourth-order valence-corrected chi connectivity index (χ4v) is 3.66. The molecule has 33 heavy (non-hydrogen) atoms. The molecule has 2 aromatic carbocycles. The highest BCUT2D eigenvalue weighted by Crippen LogP contribution is 2.39. The Bertz CT molecular complexity index is 1090. The van der Waals surface area contributed by atoms with Crippen molar-refractivity contribution in [1.29, 1.82) is 0 Å². The number of carbonyl (C=O) groups excluding carboxylic acids is 2. The summed E-state index contributed by atoms with van der Waals surface area (Å²) in [5.74, 6) is -2.07. The third kappa shape index (κ3) is 6.33. The molecule has 0 spiro atoms. The lowest BCUT2D eigenvalue weighted by molar-refractivity contribution is 0.0600. The number of hydrogen-bond acceptors (Lipinski definition) is 8. The first kappa shape index (κ1) is 25.9. The molecule has 0 saturated heterocycles. The van der Waals surface area contributed by atoms with Gasteiger partial charge in [-0.1, -0.05) is 0 Å². The zero-order valence-corrected chi connectivity index (χ0v) is 19.4. The van der Waals surface area contributed by atoms with Gasteiger partial charge in [0.15, 0.2) is 11.5 Å². The second kappa shape index (κ2) is 11.5. The van der Waals surface area contributed by atoms with Gasteiger partial charge < -0.3 is 18.9 Å². The molecule has 180 valence electrons. The summed E-state index contributed by atoms with van der Waals surface area (Å²) in [5.41, 5.74) is 1.82. The Balaban J connectivity index is 2.32. The summed E-state index contributed by atoms with van der Waals surface area (Å²) in [4.78, 5) is 25.3. The minimum Gasteiger partial charge on any atom is -0.490 e. The number of ether oxygens (including phenoxy) is 4. The van der Waals surface area contributed by atoms with Gasteiger partial charge in [0.25, 0.3) is 15.9 Å². The Morgan fingerprint density at radius 3 is 2.00 bits per heavy atom. The Hall–Kier alpha value is -3.38. The summed E-state index contributed by atoms with van der Waals surface area (Å²) in [7, 11) is -3.47. The van der Waals surface area contributed by atoms with Crippen molar-refractivity contribution in [3.63, 3.8) is 0 Å². The van der Waals surface area contributed by atoms with E-state index < -0.39 is 32.6 Å². The molecule has 0 saturated carbocycles. The van der Waals surface area contributed by atoms with Crippen LogP contribution in [0.15, 0.2) is 35.2 Å². The summed E-state index contributed by atoms with van der Waals surface area (Å²) in [6.07, 6.45) is 0. The highest BCUT2D eigenvalue weighted by Gasteiger charge is 2.24. The Morgan fingerprint density at radius 2 is 1.48 bits per heavy atom. The van der Waals surface area contributed by atoms with Gasteiger partial charge in [-0.05, 0) is 51.1 Å². The van der Waals surface area contributed by atoms with E-state index in [2.05, 4.69) is 4.74 Å². The molecule has 12 heteroatoms. The molecule has 0 heterocycles. The number of hydrazine groups is 1. The van der Waals surface area contributed by atoms with Gasteiger partial charge in [-0.3, -0.25) is 10.2 Å². The van der Waals surface area contributed by atoms with Crippen molar-refractivity contribution < 1.29 is 41.3 Å². The first-order chi connectivity index (χ1) is 15.7. The van der Waals surface area contributed by atoms with Crippen LogP contribution in [-0.4, -0.2) is 47.2 Å². The van der Waals surface area contributed by atoms with Crippen molar-refractivity contribution in [1.82, 2.24) is 10.3 Å². The van der Waals surface area contributed by atoms with E-state index in [0.29, 0.717) is 12.4 Å². The van der Waals surface area contributed by atoms with Gasteiger partial charge in [-0.25, -0.2) is 17.6 Å². The van der Waals surface area contributed by atoms with Gasteiger partial charge in [-0.15, -0.1) is 4.83 Å². The van der Waals surface area contributed by atoms with Gasteiger partial charge in [0.05, 0.1) is 32.5 Å². The molecule has 0 aromatic heterocycles. The van der Waals surface area contributed by atoms with Crippen LogP contribution in [0, 0.1) is 5.82 Å². The molecule has 2 N–H and O–H groups in total. The topological polar surface area (TPSA) is 129 Å². The monoisotopic (exact) mass is 484 g/mol. The first-order valence-electron chi connectivity index (χ1n) is 9.94. The average molecular weight is 485 g/mol. The van der Waals surface area contributed by atoms with E-state index >= 15 is 0 Å². The van der Waals surface area contributed by atoms with E-state index in [9.17, 15) is 22.4 Å².